The normalized spacial score (nSPS) is 23.3. The third-order valence-electron chi connectivity index (χ3n) is 7.70. The van der Waals surface area contributed by atoms with Gasteiger partial charge in [0.25, 0.3) is 0 Å². The Morgan fingerprint density at radius 2 is 1.92 bits per heavy atom. The number of benzene rings is 2. The minimum Gasteiger partial charge on any atom is -0.508 e. The van der Waals surface area contributed by atoms with Crippen molar-refractivity contribution in [2.45, 2.75) is 56.9 Å². The van der Waals surface area contributed by atoms with Gasteiger partial charge in [-0.05, 0) is 66.1 Å². The largest absolute Gasteiger partial charge is 0.508 e. The number of nitrogens with zero attached hydrogens (tertiary/aromatic N) is 1. The summed E-state index contributed by atoms with van der Waals surface area (Å²) < 4.78 is 6.16. The molecule has 8 heteroatoms. The maximum Gasteiger partial charge on any atom is 0.319 e. The van der Waals surface area contributed by atoms with E-state index in [1.54, 1.807) is 24.4 Å². The molecule has 0 saturated heterocycles. The molecule has 0 radical (unpaired) electrons. The molecular formula is C29H30N4O4. The average molecular weight is 499 g/mol. The molecule has 1 aliphatic heterocycles. The van der Waals surface area contributed by atoms with Crippen molar-refractivity contribution < 1.29 is 19.4 Å². The molecule has 2 saturated carbocycles. The SMILES string of the molecule is CC(C)(C)c1ccc(NC(=O)N[C@@]23C[C@H]2[C@H]3c2cc(Oc3ccnc4c3CCC(=O)N4)ccc2O)cc1. The number of aromatic nitrogens is 1. The van der Waals surface area contributed by atoms with E-state index in [1.807, 2.05) is 30.3 Å². The van der Waals surface area contributed by atoms with E-state index in [-0.39, 0.29) is 34.6 Å². The molecule has 3 aliphatic rings. The highest BCUT2D eigenvalue weighted by Crippen LogP contribution is 2.77. The van der Waals surface area contributed by atoms with Crippen LogP contribution in [0.5, 0.6) is 17.2 Å². The number of nitrogens with one attached hydrogen (secondary N) is 3. The Morgan fingerprint density at radius 3 is 2.65 bits per heavy atom. The Morgan fingerprint density at radius 1 is 1.14 bits per heavy atom. The van der Waals surface area contributed by atoms with Crippen LogP contribution in [0.1, 0.15) is 56.2 Å². The number of phenols is 1. The molecule has 3 aromatic rings. The summed E-state index contributed by atoms with van der Waals surface area (Å²) in [7, 11) is 0. The molecule has 4 N–H and O–H groups in total. The van der Waals surface area contributed by atoms with Crippen LogP contribution in [0.2, 0.25) is 0 Å². The summed E-state index contributed by atoms with van der Waals surface area (Å²) in [5, 5.41) is 19.5. The number of phenolic OH excluding ortho intramolecular Hbond substituents is 1. The number of fused-ring (bicyclic) bond motifs is 2. The molecule has 3 atom stereocenters. The summed E-state index contributed by atoms with van der Waals surface area (Å²) in [6.07, 6.45) is 3.43. The van der Waals surface area contributed by atoms with Crippen molar-refractivity contribution in [3.63, 3.8) is 0 Å². The van der Waals surface area contributed by atoms with E-state index < -0.39 is 0 Å². The standard InChI is InChI=1S/C29H30N4O4/c1-28(2,3)16-4-6-17(7-5-16)31-27(36)33-29-15-21(29)25(29)20-14-18(8-10-22(20)34)37-23-12-13-30-26-19(23)9-11-24(35)32-26/h4-8,10,12-14,21,25,34H,9,11,15H2,1-3H3,(H,30,32,35)(H2,31,33,36)/t21-,25+,29-/m0/s1. The number of hydrogen-bond acceptors (Lipinski definition) is 5. The minimum absolute atomic E-state index is 0.0377. The summed E-state index contributed by atoms with van der Waals surface area (Å²) in [5.41, 5.74) is 3.29. The molecule has 0 unspecified atom stereocenters. The Hall–Kier alpha value is -4.07. The lowest BCUT2D eigenvalue weighted by atomic mass is 9.87. The first-order chi connectivity index (χ1) is 17.6. The molecule has 1 aromatic heterocycles. The molecule has 2 heterocycles. The van der Waals surface area contributed by atoms with Crippen molar-refractivity contribution in [1.82, 2.24) is 10.3 Å². The van der Waals surface area contributed by atoms with E-state index in [0.717, 1.165) is 23.2 Å². The van der Waals surface area contributed by atoms with Crippen LogP contribution in [0.15, 0.2) is 54.7 Å². The van der Waals surface area contributed by atoms with Crippen molar-refractivity contribution in [2.24, 2.45) is 5.92 Å². The number of pyridine rings is 1. The van der Waals surface area contributed by atoms with E-state index in [2.05, 4.69) is 41.7 Å². The van der Waals surface area contributed by atoms with Crippen molar-refractivity contribution in [3.05, 3.63) is 71.4 Å². The molecular weight excluding hydrogens is 468 g/mol. The van der Waals surface area contributed by atoms with Crippen LogP contribution in [0, 0.1) is 5.92 Å². The second-order valence-corrected chi connectivity index (χ2v) is 11.2. The number of urea groups is 1. The topological polar surface area (TPSA) is 113 Å². The number of rotatable bonds is 5. The van der Waals surface area contributed by atoms with Crippen LogP contribution in [0.4, 0.5) is 16.3 Å². The minimum atomic E-state index is -0.328. The van der Waals surface area contributed by atoms with Gasteiger partial charge in [0.1, 0.15) is 23.1 Å². The highest BCUT2D eigenvalue weighted by Gasteiger charge is 2.80. The van der Waals surface area contributed by atoms with Crippen LogP contribution in [0.25, 0.3) is 0 Å². The van der Waals surface area contributed by atoms with Crippen molar-refractivity contribution in [1.29, 1.82) is 0 Å². The van der Waals surface area contributed by atoms with Gasteiger partial charge in [-0.25, -0.2) is 9.78 Å². The smallest absolute Gasteiger partial charge is 0.319 e. The number of carbonyl (C=O) groups excluding carboxylic acids is 2. The first-order valence-electron chi connectivity index (χ1n) is 12.6. The number of aromatic hydroxyl groups is 1. The summed E-state index contributed by atoms with van der Waals surface area (Å²) in [6.45, 7) is 6.46. The Kier molecular flexibility index (Phi) is 5.19. The van der Waals surface area contributed by atoms with E-state index in [4.69, 9.17) is 4.74 Å². The van der Waals surface area contributed by atoms with Gasteiger partial charge in [0.05, 0.1) is 5.54 Å². The molecule has 37 heavy (non-hydrogen) atoms. The molecule has 0 bridgehead atoms. The second kappa shape index (κ2) is 8.23. The van der Waals surface area contributed by atoms with Gasteiger partial charge in [0, 0.05) is 35.3 Å². The average Bonchev–Trinajstić information content (AvgIpc) is 3.70. The number of ether oxygens (including phenoxy) is 1. The third kappa shape index (κ3) is 4.26. The quantitative estimate of drug-likeness (QED) is 0.374. The second-order valence-electron chi connectivity index (χ2n) is 11.2. The van der Waals surface area contributed by atoms with Gasteiger partial charge in [0.2, 0.25) is 5.91 Å². The van der Waals surface area contributed by atoms with E-state index in [0.29, 0.717) is 36.1 Å². The lowest BCUT2D eigenvalue weighted by Crippen LogP contribution is -2.36. The number of amides is 3. The fourth-order valence-corrected chi connectivity index (χ4v) is 5.38. The maximum absolute atomic E-state index is 12.8. The summed E-state index contributed by atoms with van der Waals surface area (Å²) >= 11 is 0. The van der Waals surface area contributed by atoms with Gasteiger partial charge >= 0.3 is 6.03 Å². The van der Waals surface area contributed by atoms with Gasteiger partial charge in [-0.3, -0.25) is 4.79 Å². The zero-order chi connectivity index (χ0) is 25.9. The van der Waals surface area contributed by atoms with Crippen molar-refractivity contribution in [2.75, 3.05) is 10.6 Å². The van der Waals surface area contributed by atoms with Gasteiger partial charge in [0.15, 0.2) is 0 Å². The Balaban J connectivity index is 1.14. The van der Waals surface area contributed by atoms with Crippen LogP contribution in [-0.4, -0.2) is 27.6 Å². The lowest BCUT2D eigenvalue weighted by Gasteiger charge is -2.20. The van der Waals surface area contributed by atoms with E-state index in [1.165, 1.54) is 5.56 Å². The Labute approximate surface area is 215 Å². The first kappa shape index (κ1) is 23.3. The molecule has 2 aliphatic carbocycles. The number of hydrogen-bond donors (Lipinski definition) is 4. The molecule has 6 rings (SSSR count). The first-order valence-corrected chi connectivity index (χ1v) is 12.6. The zero-order valence-electron chi connectivity index (χ0n) is 21.1. The fourth-order valence-electron chi connectivity index (χ4n) is 5.38. The monoisotopic (exact) mass is 498 g/mol. The third-order valence-corrected chi connectivity index (χ3v) is 7.70. The molecule has 2 aromatic carbocycles. The van der Waals surface area contributed by atoms with Crippen LogP contribution < -0.4 is 20.7 Å². The Bertz CT molecular complexity index is 1410. The number of anilines is 2. The number of carbonyl (C=O) groups is 2. The highest BCUT2D eigenvalue weighted by atomic mass is 16.5. The molecule has 2 fully saturated rings. The van der Waals surface area contributed by atoms with Crippen molar-refractivity contribution >= 4 is 23.4 Å². The lowest BCUT2D eigenvalue weighted by molar-refractivity contribution is -0.116. The summed E-state index contributed by atoms with van der Waals surface area (Å²) in [5.74, 6) is 2.21. The summed E-state index contributed by atoms with van der Waals surface area (Å²) in [6, 6.07) is 14.6. The van der Waals surface area contributed by atoms with Gasteiger partial charge in [-0.15, -0.1) is 0 Å². The predicted molar refractivity (Wildman–Crippen MR) is 140 cm³/mol. The van der Waals surface area contributed by atoms with Gasteiger partial charge < -0.3 is 25.8 Å². The van der Waals surface area contributed by atoms with Crippen molar-refractivity contribution in [3.8, 4) is 17.2 Å². The zero-order valence-corrected chi connectivity index (χ0v) is 21.1. The fraction of sp³-hybridized carbons (Fsp3) is 0.345. The molecule has 190 valence electrons. The van der Waals surface area contributed by atoms with E-state index >= 15 is 0 Å². The van der Waals surface area contributed by atoms with Crippen LogP contribution in [0.3, 0.4) is 0 Å². The molecule has 3 amide bonds. The summed E-state index contributed by atoms with van der Waals surface area (Å²) in [4.78, 5) is 28.7. The molecule has 8 nitrogen and oxygen atoms in total. The van der Waals surface area contributed by atoms with Crippen LogP contribution >= 0.6 is 0 Å². The predicted octanol–water partition coefficient (Wildman–Crippen LogP) is 5.44. The maximum atomic E-state index is 12.8. The van der Waals surface area contributed by atoms with E-state index in [9.17, 15) is 14.7 Å². The highest BCUT2D eigenvalue weighted by molar-refractivity contribution is 5.93. The van der Waals surface area contributed by atoms with Gasteiger partial charge in [-0.2, -0.15) is 0 Å². The van der Waals surface area contributed by atoms with Gasteiger partial charge in [-0.1, -0.05) is 32.9 Å². The van der Waals surface area contributed by atoms with Crippen LogP contribution in [-0.2, 0) is 16.6 Å². The molecule has 0 spiro atoms.